The molecule has 1 saturated heterocycles. The van der Waals surface area contributed by atoms with E-state index in [4.69, 9.17) is 4.74 Å². The molecule has 1 fully saturated rings. The van der Waals surface area contributed by atoms with Gasteiger partial charge in [-0.05, 0) is 43.2 Å². The molecule has 2 heterocycles. The molecule has 1 aromatic carbocycles. The van der Waals surface area contributed by atoms with Crippen molar-refractivity contribution >= 4 is 28.6 Å². The van der Waals surface area contributed by atoms with Crippen LogP contribution in [0.1, 0.15) is 24.1 Å². The van der Waals surface area contributed by atoms with Crippen LogP contribution in [0.5, 0.6) is 5.75 Å². The fraction of sp³-hybridized carbons (Fsp3) is 0.353. The lowest BCUT2D eigenvalue weighted by molar-refractivity contribution is -0.128. The van der Waals surface area contributed by atoms with Crippen molar-refractivity contribution < 1.29 is 9.53 Å². The van der Waals surface area contributed by atoms with Gasteiger partial charge in [0, 0.05) is 18.3 Å². The van der Waals surface area contributed by atoms with Crippen LogP contribution in [0.3, 0.4) is 0 Å². The molecule has 1 amide bonds. The number of nitrogens with one attached hydrogen (secondary N) is 1. The molecule has 2 aromatic rings. The molecule has 1 aliphatic rings. The number of hydrogen-bond acceptors (Lipinski definition) is 6. The van der Waals surface area contributed by atoms with E-state index in [-0.39, 0.29) is 5.91 Å². The first kappa shape index (κ1) is 16.4. The van der Waals surface area contributed by atoms with Crippen molar-refractivity contribution in [3.05, 3.63) is 40.9 Å². The van der Waals surface area contributed by atoms with Gasteiger partial charge in [-0.2, -0.15) is 5.10 Å². The number of nitrogens with zero attached hydrogens (tertiary/aromatic N) is 3. The average molecular weight is 344 g/mol. The zero-order valence-electron chi connectivity index (χ0n) is 13.6. The molecule has 0 spiro atoms. The third-order valence-corrected chi connectivity index (χ3v) is 4.54. The maximum Gasteiger partial charge on any atom is 0.222 e. The molecule has 0 bridgehead atoms. The van der Waals surface area contributed by atoms with Gasteiger partial charge in [0.05, 0.1) is 18.5 Å². The number of likely N-dealkylation sites (tertiary alicyclic amines) is 1. The molecule has 126 valence electrons. The van der Waals surface area contributed by atoms with Gasteiger partial charge < -0.3 is 9.64 Å². The normalized spacial score (nSPS) is 14.5. The summed E-state index contributed by atoms with van der Waals surface area (Å²) < 4.78 is 5.69. The Balaban J connectivity index is 1.43. The molecule has 24 heavy (non-hydrogen) atoms. The summed E-state index contributed by atoms with van der Waals surface area (Å²) in [6.07, 6.45) is 3.37. The Bertz CT molecular complexity index is 712. The highest BCUT2D eigenvalue weighted by atomic mass is 32.1. The highest BCUT2D eigenvalue weighted by Gasteiger charge is 2.19. The van der Waals surface area contributed by atoms with Crippen LogP contribution >= 0.6 is 11.3 Å². The van der Waals surface area contributed by atoms with Gasteiger partial charge in [0.1, 0.15) is 12.4 Å². The van der Waals surface area contributed by atoms with E-state index in [0.29, 0.717) is 19.6 Å². The van der Waals surface area contributed by atoms with Crippen LogP contribution in [0.15, 0.2) is 34.7 Å². The SMILES string of the molecule is Cc1csc(NN=Cc2ccc(OCCN3CCCC3=O)cc2)n1. The summed E-state index contributed by atoms with van der Waals surface area (Å²) in [6.45, 7) is 3.97. The number of carbonyl (C=O) groups is 1. The van der Waals surface area contributed by atoms with Gasteiger partial charge in [-0.1, -0.05) is 0 Å². The minimum absolute atomic E-state index is 0.230. The Labute approximate surface area is 145 Å². The van der Waals surface area contributed by atoms with E-state index in [1.165, 1.54) is 11.3 Å². The third kappa shape index (κ3) is 4.55. The standard InChI is InChI=1S/C17H20N4O2S/c1-13-12-24-17(19-13)20-18-11-14-4-6-15(7-5-14)23-10-9-21-8-2-3-16(21)22/h4-7,11-12H,2-3,8-10H2,1H3,(H,19,20). The lowest BCUT2D eigenvalue weighted by atomic mass is 10.2. The molecule has 1 aromatic heterocycles. The molecule has 0 radical (unpaired) electrons. The van der Waals surface area contributed by atoms with Crippen LogP contribution in [0, 0.1) is 6.92 Å². The molecule has 6 nitrogen and oxygen atoms in total. The van der Waals surface area contributed by atoms with Crippen LogP contribution in [0.4, 0.5) is 5.13 Å². The largest absolute Gasteiger partial charge is 0.492 e. The molecular formula is C17H20N4O2S. The Hall–Kier alpha value is -2.41. The topological polar surface area (TPSA) is 66.8 Å². The smallest absolute Gasteiger partial charge is 0.222 e. The lowest BCUT2D eigenvalue weighted by Crippen LogP contribution is -2.29. The van der Waals surface area contributed by atoms with Gasteiger partial charge >= 0.3 is 0 Å². The Morgan fingerprint density at radius 3 is 2.92 bits per heavy atom. The summed E-state index contributed by atoms with van der Waals surface area (Å²) in [6, 6.07) is 7.69. The predicted molar refractivity (Wildman–Crippen MR) is 95.8 cm³/mol. The molecule has 0 aliphatic carbocycles. The quantitative estimate of drug-likeness (QED) is 0.619. The van der Waals surface area contributed by atoms with Crippen LogP contribution in [-0.4, -0.2) is 41.7 Å². The first-order valence-electron chi connectivity index (χ1n) is 7.92. The number of benzene rings is 1. The lowest BCUT2D eigenvalue weighted by Gasteiger charge is -2.15. The van der Waals surface area contributed by atoms with E-state index in [9.17, 15) is 4.79 Å². The van der Waals surface area contributed by atoms with Crippen LogP contribution < -0.4 is 10.2 Å². The first-order valence-corrected chi connectivity index (χ1v) is 8.80. The second kappa shape index (κ2) is 7.92. The van der Waals surface area contributed by atoms with E-state index in [1.54, 1.807) is 6.21 Å². The zero-order valence-corrected chi connectivity index (χ0v) is 14.4. The molecule has 1 N–H and O–H groups in total. The molecule has 1 aliphatic heterocycles. The summed E-state index contributed by atoms with van der Waals surface area (Å²) in [7, 11) is 0. The number of rotatable bonds is 7. The van der Waals surface area contributed by atoms with Crippen molar-refractivity contribution in [3.63, 3.8) is 0 Å². The number of ether oxygens (including phenoxy) is 1. The van der Waals surface area contributed by atoms with Gasteiger partial charge in [0.15, 0.2) is 0 Å². The van der Waals surface area contributed by atoms with Crippen LogP contribution in [0.25, 0.3) is 0 Å². The first-order chi connectivity index (χ1) is 11.7. The number of thiazole rings is 1. The highest BCUT2D eigenvalue weighted by molar-refractivity contribution is 7.13. The molecular weight excluding hydrogens is 324 g/mol. The number of aryl methyl sites for hydroxylation is 1. The number of amides is 1. The van der Waals surface area contributed by atoms with Gasteiger partial charge in [0.25, 0.3) is 0 Å². The fourth-order valence-electron chi connectivity index (χ4n) is 2.43. The predicted octanol–water partition coefficient (Wildman–Crippen LogP) is 2.90. The van der Waals surface area contributed by atoms with Crippen molar-refractivity contribution in [2.24, 2.45) is 5.10 Å². The fourth-order valence-corrected chi connectivity index (χ4v) is 3.07. The average Bonchev–Trinajstić information content (AvgIpc) is 3.18. The maximum absolute atomic E-state index is 11.5. The second-order valence-corrected chi connectivity index (χ2v) is 6.42. The van der Waals surface area contributed by atoms with Crippen molar-refractivity contribution in [2.75, 3.05) is 25.1 Å². The monoisotopic (exact) mass is 344 g/mol. The van der Waals surface area contributed by atoms with E-state index >= 15 is 0 Å². The summed E-state index contributed by atoms with van der Waals surface area (Å²) >= 11 is 1.52. The highest BCUT2D eigenvalue weighted by Crippen LogP contribution is 2.15. The summed E-state index contributed by atoms with van der Waals surface area (Å²) in [5.74, 6) is 1.02. The number of carbonyl (C=O) groups excluding carboxylic acids is 1. The summed E-state index contributed by atoms with van der Waals surface area (Å²) in [5.41, 5.74) is 4.86. The minimum Gasteiger partial charge on any atom is -0.492 e. The second-order valence-electron chi connectivity index (χ2n) is 5.57. The van der Waals surface area contributed by atoms with E-state index in [2.05, 4.69) is 15.5 Å². The van der Waals surface area contributed by atoms with Crippen molar-refractivity contribution in [1.29, 1.82) is 0 Å². The van der Waals surface area contributed by atoms with Crippen LogP contribution in [-0.2, 0) is 4.79 Å². The molecule has 7 heteroatoms. The van der Waals surface area contributed by atoms with E-state index in [0.717, 1.165) is 35.1 Å². The summed E-state index contributed by atoms with van der Waals surface area (Å²) in [4.78, 5) is 17.6. The van der Waals surface area contributed by atoms with Gasteiger partial charge in [-0.25, -0.2) is 4.98 Å². The minimum atomic E-state index is 0.230. The number of hydrazone groups is 1. The van der Waals surface area contributed by atoms with Crippen molar-refractivity contribution in [2.45, 2.75) is 19.8 Å². The van der Waals surface area contributed by atoms with E-state index < -0.39 is 0 Å². The third-order valence-electron chi connectivity index (χ3n) is 3.67. The molecule has 0 atom stereocenters. The Morgan fingerprint density at radius 1 is 1.42 bits per heavy atom. The van der Waals surface area contributed by atoms with Gasteiger partial charge in [0.2, 0.25) is 11.0 Å². The van der Waals surface area contributed by atoms with Crippen molar-refractivity contribution in [3.8, 4) is 5.75 Å². The number of aromatic nitrogens is 1. The number of anilines is 1. The Morgan fingerprint density at radius 2 is 2.25 bits per heavy atom. The maximum atomic E-state index is 11.5. The molecule has 3 rings (SSSR count). The van der Waals surface area contributed by atoms with Crippen LogP contribution in [0.2, 0.25) is 0 Å². The Kier molecular flexibility index (Phi) is 5.43. The molecule has 0 saturated carbocycles. The van der Waals surface area contributed by atoms with E-state index in [1.807, 2.05) is 41.5 Å². The summed E-state index contributed by atoms with van der Waals surface area (Å²) in [5, 5.41) is 6.92. The zero-order chi connectivity index (χ0) is 16.8. The van der Waals surface area contributed by atoms with Gasteiger partial charge in [-0.3, -0.25) is 10.2 Å². The van der Waals surface area contributed by atoms with Gasteiger partial charge in [-0.15, -0.1) is 11.3 Å². The van der Waals surface area contributed by atoms with Crippen molar-refractivity contribution in [1.82, 2.24) is 9.88 Å². The number of hydrogen-bond donors (Lipinski definition) is 1. The molecule has 0 unspecified atom stereocenters.